The molecular weight excluding hydrogens is 392 g/mol. The summed E-state index contributed by atoms with van der Waals surface area (Å²) in [5.74, 6) is -2.10. The van der Waals surface area contributed by atoms with Gasteiger partial charge in [0.05, 0.1) is 0 Å². The van der Waals surface area contributed by atoms with E-state index in [1.807, 2.05) is 30.3 Å². The molecule has 1 aromatic carbocycles. The maximum Gasteiger partial charge on any atom is 0.327 e. The van der Waals surface area contributed by atoms with Crippen LogP contribution < -0.4 is 10.6 Å². The predicted octanol–water partition coefficient (Wildman–Crippen LogP) is 0.413. The number of ether oxygens (including phenoxy) is 1. The molecule has 2 atom stereocenters. The fourth-order valence-corrected chi connectivity index (χ4v) is 3.41. The number of nitrogens with one attached hydrogen (secondary N) is 2. The van der Waals surface area contributed by atoms with Crippen molar-refractivity contribution in [2.24, 2.45) is 0 Å². The Morgan fingerprint density at radius 2 is 1.87 bits per heavy atom. The van der Waals surface area contributed by atoms with E-state index < -0.39 is 48.0 Å². The molecule has 0 aromatic heterocycles. The van der Waals surface area contributed by atoms with Crippen LogP contribution in [0.15, 0.2) is 30.3 Å². The number of amides is 6. The standard InChI is InChI=1S/C20H24N4O6/c1-13(16(26)23-11-10-21-18(23)28)30-15(25)12-24-17(27)20(2,22-19(24)29)9-8-14-6-4-3-5-7-14/h3-7,13H,8-12H2,1-2H3,(H,21,28)(H,22,29)/t13-,20-/m1/s1. The highest BCUT2D eigenvalue weighted by molar-refractivity contribution is 6.08. The van der Waals surface area contributed by atoms with E-state index in [1.165, 1.54) is 6.92 Å². The van der Waals surface area contributed by atoms with Crippen LogP contribution in [0.1, 0.15) is 25.8 Å². The molecule has 3 rings (SSSR count). The molecule has 0 saturated carbocycles. The Hall–Kier alpha value is -3.43. The summed E-state index contributed by atoms with van der Waals surface area (Å²) in [4.78, 5) is 62.8. The summed E-state index contributed by atoms with van der Waals surface area (Å²) in [7, 11) is 0. The van der Waals surface area contributed by atoms with Gasteiger partial charge in [-0.05, 0) is 32.3 Å². The average molecular weight is 416 g/mol. The number of benzene rings is 1. The van der Waals surface area contributed by atoms with Crippen molar-refractivity contribution in [1.82, 2.24) is 20.4 Å². The summed E-state index contributed by atoms with van der Waals surface area (Å²) in [6.07, 6.45) is -0.274. The zero-order valence-corrected chi connectivity index (χ0v) is 16.8. The van der Waals surface area contributed by atoms with Gasteiger partial charge in [-0.1, -0.05) is 30.3 Å². The van der Waals surface area contributed by atoms with Gasteiger partial charge in [0.1, 0.15) is 12.1 Å². The van der Waals surface area contributed by atoms with Crippen LogP contribution >= 0.6 is 0 Å². The van der Waals surface area contributed by atoms with Crippen molar-refractivity contribution in [1.29, 1.82) is 0 Å². The van der Waals surface area contributed by atoms with Gasteiger partial charge >= 0.3 is 18.0 Å². The molecule has 10 heteroatoms. The highest BCUT2D eigenvalue weighted by Crippen LogP contribution is 2.23. The van der Waals surface area contributed by atoms with Crippen LogP contribution in [0, 0.1) is 0 Å². The zero-order chi connectivity index (χ0) is 21.9. The van der Waals surface area contributed by atoms with Gasteiger partial charge in [0.25, 0.3) is 11.8 Å². The molecule has 2 aliphatic heterocycles. The minimum Gasteiger partial charge on any atom is -0.451 e. The molecule has 1 aromatic rings. The first-order chi connectivity index (χ1) is 14.2. The Morgan fingerprint density at radius 1 is 1.17 bits per heavy atom. The third-order valence-electron chi connectivity index (χ3n) is 5.17. The van der Waals surface area contributed by atoms with E-state index in [2.05, 4.69) is 10.6 Å². The highest BCUT2D eigenvalue weighted by atomic mass is 16.5. The molecule has 2 N–H and O–H groups in total. The molecule has 10 nitrogen and oxygen atoms in total. The maximum atomic E-state index is 12.8. The summed E-state index contributed by atoms with van der Waals surface area (Å²) < 4.78 is 5.04. The number of hydrogen-bond acceptors (Lipinski definition) is 6. The first-order valence-electron chi connectivity index (χ1n) is 9.68. The van der Waals surface area contributed by atoms with Gasteiger partial charge in [-0.2, -0.15) is 0 Å². The molecule has 160 valence electrons. The maximum absolute atomic E-state index is 12.8. The van der Waals surface area contributed by atoms with Crippen LogP contribution in [0.2, 0.25) is 0 Å². The molecule has 2 aliphatic rings. The lowest BCUT2D eigenvalue weighted by Crippen LogP contribution is -2.45. The molecule has 2 fully saturated rings. The Labute approximate surface area is 173 Å². The number of carbonyl (C=O) groups is 5. The van der Waals surface area contributed by atoms with Crippen molar-refractivity contribution in [3.8, 4) is 0 Å². The normalized spacial score (nSPS) is 22.0. The molecule has 0 aliphatic carbocycles. The van der Waals surface area contributed by atoms with Gasteiger partial charge in [-0.25, -0.2) is 9.59 Å². The number of esters is 1. The zero-order valence-electron chi connectivity index (χ0n) is 16.8. The van der Waals surface area contributed by atoms with Crippen LogP contribution in [-0.2, 0) is 25.5 Å². The van der Waals surface area contributed by atoms with Crippen molar-refractivity contribution < 1.29 is 28.7 Å². The fourth-order valence-electron chi connectivity index (χ4n) is 3.41. The number of imide groups is 2. The van der Waals surface area contributed by atoms with Crippen LogP contribution in [-0.4, -0.2) is 70.9 Å². The minimum atomic E-state index is -1.22. The van der Waals surface area contributed by atoms with Gasteiger partial charge in [-0.3, -0.25) is 24.2 Å². The number of aryl methyl sites for hydroxylation is 1. The molecular formula is C20H24N4O6. The molecule has 0 unspecified atom stereocenters. The molecule has 0 bridgehead atoms. The number of rotatable bonds is 7. The summed E-state index contributed by atoms with van der Waals surface area (Å²) in [5.41, 5.74) is -0.112. The monoisotopic (exact) mass is 416 g/mol. The van der Waals surface area contributed by atoms with Gasteiger partial charge in [0.15, 0.2) is 6.10 Å². The molecule has 2 heterocycles. The van der Waals surface area contributed by atoms with E-state index in [1.54, 1.807) is 6.92 Å². The van der Waals surface area contributed by atoms with Crippen LogP contribution in [0.3, 0.4) is 0 Å². The molecule has 2 saturated heterocycles. The number of urea groups is 2. The summed E-state index contributed by atoms with van der Waals surface area (Å²) in [6.45, 7) is 2.85. The Balaban J connectivity index is 1.56. The van der Waals surface area contributed by atoms with Gasteiger partial charge < -0.3 is 15.4 Å². The average Bonchev–Trinajstić information content (AvgIpc) is 3.23. The van der Waals surface area contributed by atoms with Crippen molar-refractivity contribution in [3.05, 3.63) is 35.9 Å². The lowest BCUT2D eigenvalue weighted by Gasteiger charge is -2.22. The van der Waals surface area contributed by atoms with Crippen molar-refractivity contribution in [2.75, 3.05) is 19.6 Å². The number of nitrogens with zero attached hydrogens (tertiary/aromatic N) is 2. The van der Waals surface area contributed by atoms with Crippen LogP contribution in [0.25, 0.3) is 0 Å². The van der Waals surface area contributed by atoms with Crippen LogP contribution in [0.5, 0.6) is 0 Å². The Bertz CT molecular complexity index is 873. The molecule has 30 heavy (non-hydrogen) atoms. The SMILES string of the molecule is C[C@@H](OC(=O)CN1C(=O)N[C@](C)(CCc2ccccc2)C1=O)C(=O)N1CCNC1=O. The largest absolute Gasteiger partial charge is 0.451 e. The molecule has 0 spiro atoms. The Morgan fingerprint density at radius 3 is 2.50 bits per heavy atom. The fraction of sp³-hybridized carbons (Fsp3) is 0.450. The molecule has 0 radical (unpaired) electrons. The van der Waals surface area contributed by atoms with Crippen molar-refractivity contribution in [2.45, 2.75) is 38.3 Å². The quantitative estimate of drug-likeness (QED) is 0.490. The van der Waals surface area contributed by atoms with Gasteiger partial charge in [0.2, 0.25) is 0 Å². The van der Waals surface area contributed by atoms with E-state index in [-0.39, 0.29) is 6.54 Å². The molecule has 6 amide bonds. The van der Waals surface area contributed by atoms with E-state index in [0.29, 0.717) is 19.4 Å². The van der Waals surface area contributed by atoms with Gasteiger partial charge in [-0.15, -0.1) is 0 Å². The first kappa shape index (κ1) is 21.3. The van der Waals surface area contributed by atoms with E-state index in [4.69, 9.17) is 4.74 Å². The van der Waals surface area contributed by atoms with E-state index >= 15 is 0 Å². The number of carbonyl (C=O) groups excluding carboxylic acids is 5. The third kappa shape index (κ3) is 4.42. The van der Waals surface area contributed by atoms with Gasteiger partial charge in [0, 0.05) is 13.1 Å². The van der Waals surface area contributed by atoms with E-state index in [9.17, 15) is 24.0 Å². The smallest absolute Gasteiger partial charge is 0.327 e. The topological polar surface area (TPSA) is 125 Å². The van der Waals surface area contributed by atoms with Crippen molar-refractivity contribution >= 4 is 29.8 Å². The lowest BCUT2D eigenvalue weighted by molar-refractivity contribution is -0.159. The predicted molar refractivity (Wildman–Crippen MR) is 104 cm³/mol. The highest BCUT2D eigenvalue weighted by Gasteiger charge is 2.48. The Kier molecular flexibility index (Phi) is 6.04. The van der Waals surface area contributed by atoms with Crippen molar-refractivity contribution in [3.63, 3.8) is 0 Å². The summed E-state index contributed by atoms with van der Waals surface area (Å²) >= 11 is 0. The second-order valence-electron chi connectivity index (χ2n) is 7.49. The van der Waals surface area contributed by atoms with E-state index in [0.717, 1.165) is 15.4 Å². The first-order valence-corrected chi connectivity index (χ1v) is 9.68. The summed E-state index contributed by atoms with van der Waals surface area (Å²) in [5, 5.41) is 5.12. The van der Waals surface area contributed by atoms with Crippen LogP contribution in [0.4, 0.5) is 9.59 Å². The minimum absolute atomic E-state index is 0.187. The summed E-state index contributed by atoms with van der Waals surface area (Å²) in [6, 6.07) is 8.30. The number of hydrogen-bond donors (Lipinski definition) is 2. The third-order valence-corrected chi connectivity index (χ3v) is 5.17. The second-order valence-corrected chi connectivity index (χ2v) is 7.49. The second kappa shape index (κ2) is 8.52. The lowest BCUT2D eigenvalue weighted by atomic mass is 9.93.